The Morgan fingerprint density at radius 1 is 1.26 bits per heavy atom. The second-order valence-corrected chi connectivity index (χ2v) is 5.07. The number of benzene rings is 1. The summed E-state index contributed by atoms with van der Waals surface area (Å²) in [7, 11) is 0. The molecule has 1 heterocycles. The lowest BCUT2D eigenvalue weighted by atomic mass is 10.1. The summed E-state index contributed by atoms with van der Waals surface area (Å²) in [6.07, 6.45) is 3.59. The number of hydrogen-bond acceptors (Lipinski definition) is 3. The van der Waals surface area contributed by atoms with Crippen molar-refractivity contribution in [2.75, 3.05) is 25.0 Å². The summed E-state index contributed by atoms with van der Waals surface area (Å²) in [6.45, 7) is 6.76. The Bertz CT molecular complexity index is 439. The highest BCUT2D eigenvalue weighted by Gasteiger charge is 2.16. The third kappa shape index (κ3) is 3.70. The zero-order chi connectivity index (χ0) is 13.7. The van der Waals surface area contributed by atoms with Crippen LogP contribution in [0.15, 0.2) is 18.2 Å². The van der Waals surface area contributed by atoms with Crippen LogP contribution in [0.4, 0.5) is 5.69 Å². The Labute approximate surface area is 115 Å². The Balaban J connectivity index is 2.10. The molecule has 0 bridgehead atoms. The molecule has 0 unspecified atom stereocenters. The minimum atomic E-state index is -0.0125. The van der Waals surface area contributed by atoms with E-state index in [2.05, 4.69) is 10.7 Å². The van der Waals surface area contributed by atoms with E-state index in [4.69, 9.17) is 0 Å². The van der Waals surface area contributed by atoms with Crippen LogP contribution in [-0.2, 0) is 0 Å². The van der Waals surface area contributed by atoms with Crippen LogP contribution >= 0.6 is 0 Å². The molecule has 1 aliphatic heterocycles. The monoisotopic (exact) mass is 261 g/mol. The van der Waals surface area contributed by atoms with Crippen LogP contribution in [0, 0.1) is 6.92 Å². The first-order valence-corrected chi connectivity index (χ1v) is 7.11. The number of aryl methyl sites for hydroxylation is 1. The first-order chi connectivity index (χ1) is 9.20. The molecule has 1 aromatic rings. The lowest BCUT2D eigenvalue weighted by Crippen LogP contribution is -2.45. The van der Waals surface area contributed by atoms with E-state index in [1.54, 1.807) is 0 Å². The van der Waals surface area contributed by atoms with Crippen LogP contribution < -0.4 is 10.7 Å². The van der Waals surface area contributed by atoms with Gasteiger partial charge in [0.15, 0.2) is 0 Å². The normalized spacial score (nSPS) is 16.1. The Kier molecular flexibility index (Phi) is 4.80. The first-order valence-electron chi connectivity index (χ1n) is 7.11. The van der Waals surface area contributed by atoms with Crippen LogP contribution in [0.1, 0.15) is 42.1 Å². The molecule has 0 aliphatic carbocycles. The van der Waals surface area contributed by atoms with E-state index in [1.165, 1.54) is 6.42 Å². The van der Waals surface area contributed by atoms with Crippen molar-refractivity contribution in [2.45, 2.75) is 33.1 Å². The Hall–Kier alpha value is -1.55. The zero-order valence-corrected chi connectivity index (χ0v) is 11.8. The first kappa shape index (κ1) is 13.9. The Morgan fingerprint density at radius 2 is 2.00 bits per heavy atom. The topological polar surface area (TPSA) is 44.4 Å². The molecule has 104 valence electrons. The Morgan fingerprint density at radius 3 is 2.68 bits per heavy atom. The summed E-state index contributed by atoms with van der Waals surface area (Å²) in [5.74, 6) is -0.0125. The average Bonchev–Trinajstić information content (AvgIpc) is 2.42. The fourth-order valence-corrected chi connectivity index (χ4v) is 2.40. The second-order valence-electron chi connectivity index (χ2n) is 5.07. The molecule has 0 aromatic heterocycles. The van der Waals surface area contributed by atoms with Crippen molar-refractivity contribution >= 4 is 11.6 Å². The fourth-order valence-electron chi connectivity index (χ4n) is 2.40. The number of nitrogens with one attached hydrogen (secondary N) is 2. The van der Waals surface area contributed by atoms with Crippen molar-refractivity contribution in [3.8, 4) is 0 Å². The molecule has 19 heavy (non-hydrogen) atoms. The van der Waals surface area contributed by atoms with Gasteiger partial charge < -0.3 is 5.32 Å². The van der Waals surface area contributed by atoms with Crippen molar-refractivity contribution < 1.29 is 4.79 Å². The molecule has 0 spiro atoms. The van der Waals surface area contributed by atoms with E-state index in [0.29, 0.717) is 0 Å². The van der Waals surface area contributed by atoms with Gasteiger partial charge in [-0.05, 0) is 38.8 Å². The van der Waals surface area contributed by atoms with Crippen molar-refractivity contribution in [3.05, 3.63) is 29.3 Å². The van der Waals surface area contributed by atoms with Gasteiger partial charge in [0, 0.05) is 25.3 Å². The molecule has 1 aliphatic rings. The summed E-state index contributed by atoms with van der Waals surface area (Å²) >= 11 is 0. The van der Waals surface area contributed by atoms with E-state index in [1.807, 2.05) is 37.1 Å². The van der Waals surface area contributed by atoms with E-state index in [0.717, 1.165) is 49.3 Å². The van der Waals surface area contributed by atoms with Crippen LogP contribution in [0.25, 0.3) is 0 Å². The third-order valence-electron chi connectivity index (χ3n) is 3.40. The van der Waals surface area contributed by atoms with E-state index >= 15 is 0 Å². The van der Waals surface area contributed by atoms with E-state index in [9.17, 15) is 4.79 Å². The molecule has 4 heteroatoms. The molecular formula is C15H23N3O. The summed E-state index contributed by atoms with van der Waals surface area (Å²) in [5, 5.41) is 5.27. The maximum absolute atomic E-state index is 12.4. The third-order valence-corrected chi connectivity index (χ3v) is 3.40. The second kappa shape index (κ2) is 6.57. The number of anilines is 1. The number of carbonyl (C=O) groups is 1. The van der Waals surface area contributed by atoms with Crippen LogP contribution in [0.5, 0.6) is 0 Å². The van der Waals surface area contributed by atoms with Crippen molar-refractivity contribution in [1.29, 1.82) is 0 Å². The molecule has 0 atom stereocenters. The van der Waals surface area contributed by atoms with Gasteiger partial charge >= 0.3 is 0 Å². The van der Waals surface area contributed by atoms with Gasteiger partial charge in [-0.1, -0.05) is 18.1 Å². The van der Waals surface area contributed by atoms with Gasteiger partial charge in [0.1, 0.15) is 0 Å². The summed E-state index contributed by atoms with van der Waals surface area (Å²) in [5.41, 5.74) is 5.75. The van der Waals surface area contributed by atoms with Gasteiger partial charge in [-0.2, -0.15) is 0 Å². The highest BCUT2D eigenvalue weighted by Crippen LogP contribution is 2.17. The van der Waals surface area contributed by atoms with Crippen LogP contribution in [0.2, 0.25) is 0 Å². The zero-order valence-electron chi connectivity index (χ0n) is 11.8. The number of piperidine rings is 1. The fraction of sp³-hybridized carbons (Fsp3) is 0.533. The van der Waals surface area contributed by atoms with E-state index in [-0.39, 0.29) is 5.91 Å². The molecule has 1 aromatic carbocycles. The molecule has 2 rings (SSSR count). The smallest absolute Gasteiger partial charge is 0.267 e. The molecule has 1 fully saturated rings. The van der Waals surface area contributed by atoms with E-state index < -0.39 is 0 Å². The van der Waals surface area contributed by atoms with Gasteiger partial charge in [0.2, 0.25) is 0 Å². The molecular weight excluding hydrogens is 238 g/mol. The predicted octanol–water partition coefficient (Wildman–Crippen LogP) is 2.56. The quantitative estimate of drug-likeness (QED) is 0.875. The molecule has 4 nitrogen and oxygen atoms in total. The van der Waals surface area contributed by atoms with Crippen molar-refractivity contribution in [1.82, 2.24) is 10.4 Å². The van der Waals surface area contributed by atoms with Gasteiger partial charge in [0.05, 0.1) is 5.56 Å². The standard InChI is InChI=1S/C15H23N3O/c1-3-16-14-8-7-12(2)11-13(14)15(19)17-18-9-5-4-6-10-18/h7-8,11,16H,3-6,9-10H2,1-2H3,(H,17,19). The maximum atomic E-state index is 12.4. The average molecular weight is 261 g/mol. The molecule has 0 saturated carbocycles. The SMILES string of the molecule is CCNc1ccc(C)cc1C(=O)NN1CCCCC1. The summed E-state index contributed by atoms with van der Waals surface area (Å²) in [4.78, 5) is 12.4. The minimum absolute atomic E-state index is 0.0125. The number of nitrogens with zero attached hydrogens (tertiary/aromatic N) is 1. The summed E-state index contributed by atoms with van der Waals surface area (Å²) in [6, 6.07) is 5.94. The lowest BCUT2D eigenvalue weighted by molar-refractivity contribution is 0.0751. The number of carbonyl (C=O) groups excluding carboxylic acids is 1. The van der Waals surface area contributed by atoms with Crippen LogP contribution in [-0.4, -0.2) is 30.6 Å². The van der Waals surface area contributed by atoms with Gasteiger partial charge in [-0.3, -0.25) is 10.2 Å². The molecule has 1 saturated heterocycles. The number of hydrogen-bond donors (Lipinski definition) is 2. The van der Waals surface area contributed by atoms with Gasteiger partial charge in [-0.25, -0.2) is 5.01 Å². The largest absolute Gasteiger partial charge is 0.385 e. The van der Waals surface area contributed by atoms with Crippen LogP contribution in [0.3, 0.4) is 0 Å². The molecule has 1 amide bonds. The number of rotatable bonds is 4. The maximum Gasteiger partial charge on any atom is 0.267 e. The van der Waals surface area contributed by atoms with Crippen molar-refractivity contribution in [3.63, 3.8) is 0 Å². The lowest BCUT2D eigenvalue weighted by Gasteiger charge is -2.27. The predicted molar refractivity (Wildman–Crippen MR) is 78.2 cm³/mol. The highest BCUT2D eigenvalue weighted by molar-refractivity contribution is 5.99. The number of hydrazine groups is 1. The number of amides is 1. The molecule has 0 radical (unpaired) electrons. The minimum Gasteiger partial charge on any atom is -0.385 e. The highest BCUT2D eigenvalue weighted by atomic mass is 16.2. The summed E-state index contributed by atoms with van der Waals surface area (Å²) < 4.78 is 0. The van der Waals surface area contributed by atoms with Crippen molar-refractivity contribution in [2.24, 2.45) is 0 Å². The van der Waals surface area contributed by atoms with Gasteiger partial charge in [-0.15, -0.1) is 0 Å². The van der Waals surface area contributed by atoms with Gasteiger partial charge in [0.25, 0.3) is 5.91 Å². The molecule has 2 N–H and O–H groups in total.